The van der Waals surface area contributed by atoms with Crippen molar-refractivity contribution in [2.45, 2.75) is 17.5 Å². The number of benzene rings is 1. The van der Waals surface area contributed by atoms with Crippen molar-refractivity contribution in [1.82, 2.24) is 19.7 Å². The van der Waals surface area contributed by atoms with E-state index in [1.165, 1.54) is 16.9 Å². The first-order chi connectivity index (χ1) is 14.2. The minimum atomic E-state index is 0.560. The molecular weight excluding hydrogens is 406 g/mol. The van der Waals surface area contributed by atoms with Gasteiger partial charge < -0.3 is 15.2 Å². The highest BCUT2D eigenvalue weighted by Gasteiger charge is 2.20. The van der Waals surface area contributed by atoms with Gasteiger partial charge in [-0.3, -0.25) is 4.57 Å². The number of rotatable bonds is 8. The van der Waals surface area contributed by atoms with Crippen molar-refractivity contribution < 1.29 is 9.47 Å². The van der Waals surface area contributed by atoms with Crippen LogP contribution in [0, 0.1) is 0 Å². The second-order valence-corrected chi connectivity index (χ2v) is 8.23. The number of fused-ring (bicyclic) bond motifs is 1. The van der Waals surface area contributed by atoms with Crippen LogP contribution in [0.15, 0.2) is 47.8 Å². The van der Waals surface area contributed by atoms with Crippen molar-refractivity contribution in [3.05, 3.63) is 48.2 Å². The molecule has 0 bridgehead atoms. The molecule has 0 aliphatic heterocycles. The molecule has 0 saturated heterocycles. The van der Waals surface area contributed by atoms with Gasteiger partial charge in [0.2, 0.25) is 0 Å². The molecule has 0 aliphatic rings. The van der Waals surface area contributed by atoms with Gasteiger partial charge in [0.05, 0.1) is 30.8 Å². The second kappa shape index (κ2) is 8.81. The van der Waals surface area contributed by atoms with E-state index in [-0.39, 0.29) is 0 Å². The summed E-state index contributed by atoms with van der Waals surface area (Å²) in [5.41, 5.74) is 8.28. The molecule has 4 rings (SSSR count). The first-order valence-corrected chi connectivity index (χ1v) is 10.8. The molecule has 0 aliphatic carbocycles. The molecule has 2 N–H and O–H groups in total. The van der Waals surface area contributed by atoms with Crippen LogP contribution in [0.4, 0.5) is 5.69 Å². The predicted octanol–water partition coefficient (Wildman–Crippen LogP) is 4.08. The van der Waals surface area contributed by atoms with Crippen LogP contribution < -0.4 is 10.5 Å². The van der Waals surface area contributed by atoms with Crippen molar-refractivity contribution >= 4 is 39.0 Å². The van der Waals surface area contributed by atoms with Crippen molar-refractivity contribution in [3.8, 4) is 16.5 Å². The van der Waals surface area contributed by atoms with E-state index in [1.54, 1.807) is 32.2 Å². The van der Waals surface area contributed by atoms with E-state index in [2.05, 4.69) is 31.9 Å². The summed E-state index contributed by atoms with van der Waals surface area (Å²) >= 11 is 3.17. The number of thioether (sulfide) groups is 1. The number of methoxy groups -OCH3 is 2. The summed E-state index contributed by atoms with van der Waals surface area (Å²) < 4.78 is 12.6. The lowest BCUT2D eigenvalue weighted by Crippen LogP contribution is -2.07. The van der Waals surface area contributed by atoms with E-state index in [4.69, 9.17) is 15.2 Å². The molecule has 0 radical (unpaired) electrons. The van der Waals surface area contributed by atoms with E-state index in [0.29, 0.717) is 18.8 Å². The van der Waals surface area contributed by atoms with Crippen molar-refractivity contribution in [1.29, 1.82) is 0 Å². The zero-order valence-corrected chi connectivity index (χ0v) is 17.8. The van der Waals surface area contributed by atoms with Crippen molar-refractivity contribution in [2.24, 2.45) is 0 Å². The standard InChI is InChI=1S/C20H21N5O2S2/c1-26-11-10-25-18(17-16(21)15-4-3-9-22-19(15)29-17)23-24-20(25)28-12-13-5-7-14(27-2)8-6-13/h3-9H,10-12,21H2,1-2H3. The maximum Gasteiger partial charge on any atom is 0.191 e. The average molecular weight is 428 g/mol. The van der Waals surface area contributed by atoms with Gasteiger partial charge in [0.1, 0.15) is 10.6 Å². The molecule has 0 amide bonds. The van der Waals surface area contributed by atoms with Crippen LogP contribution in [0.2, 0.25) is 0 Å². The maximum absolute atomic E-state index is 6.41. The Morgan fingerprint density at radius 1 is 1.14 bits per heavy atom. The Bertz CT molecular complexity index is 1110. The Morgan fingerprint density at radius 3 is 2.69 bits per heavy atom. The largest absolute Gasteiger partial charge is 0.497 e. The third kappa shape index (κ3) is 4.07. The lowest BCUT2D eigenvalue weighted by Gasteiger charge is -2.09. The summed E-state index contributed by atoms with van der Waals surface area (Å²) in [6.45, 7) is 1.20. The monoisotopic (exact) mass is 427 g/mol. The third-order valence-corrected chi connectivity index (χ3v) is 6.63. The quantitative estimate of drug-likeness (QED) is 0.424. The Hall–Kier alpha value is -2.62. The molecule has 0 saturated carbocycles. The van der Waals surface area contributed by atoms with Gasteiger partial charge >= 0.3 is 0 Å². The Morgan fingerprint density at radius 2 is 1.97 bits per heavy atom. The van der Waals surface area contributed by atoms with Gasteiger partial charge in [-0.05, 0) is 29.8 Å². The zero-order valence-electron chi connectivity index (χ0n) is 16.2. The number of nitrogen functional groups attached to an aromatic ring is 1. The number of hydrogen-bond acceptors (Lipinski definition) is 8. The van der Waals surface area contributed by atoms with Crippen molar-refractivity contribution in [2.75, 3.05) is 26.6 Å². The van der Waals surface area contributed by atoms with Crippen molar-refractivity contribution in [3.63, 3.8) is 0 Å². The molecule has 4 aromatic rings. The Labute approximate surface area is 176 Å². The lowest BCUT2D eigenvalue weighted by molar-refractivity contribution is 0.185. The van der Waals surface area contributed by atoms with Crippen LogP contribution in [0.5, 0.6) is 5.75 Å². The molecule has 29 heavy (non-hydrogen) atoms. The number of thiophene rings is 1. The highest BCUT2D eigenvalue weighted by Crippen LogP contribution is 2.40. The van der Waals surface area contributed by atoms with Crippen LogP contribution in [0.25, 0.3) is 20.9 Å². The van der Waals surface area contributed by atoms with E-state index in [1.807, 2.05) is 24.3 Å². The first kappa shape index (κ1) is 19.7. The van der Waals surface area contributed by atoms with E-state index in [9.17, 15) is 0 Å². The summed E-state index contributed by atoms with van der Waals surface area (Å²) in [7, 11) is 3.35. The molecule has 1 aromatic carbocycles. The summed E-state index contributed by atoms with van der Waals surface area (Å²) in [6, 6.07) is 11.9. The van der Waals surface area contributed by atoms with Crippen LogP contribution >= 0.6 is 23.1 Å². The molecule has 9 heteroatoms. The van der Waals surface area contributed by atoms with Gasteiger partial charge in [-0.2, -0.15) is 0 Å². The fraction of sp³-hybridized carbons (Fsp3) is 0.250. The number of hydrogen-bond donors (Lipinski definition) is 1. The highest BCUT2D eigenvalue weighted by atomic mass is 32.2. The molecule has 150 valence electrons. The van der Waals surface area contributed by atoms with Crippen LogP contribution in [0.1, 0.15) is 5.56 Å². The fourth-order valence-electron chi connectivity index (χ4n) is 2.93. The Balaban J connectivity index is 1.64. The summed E-state index contributed by atoms with van der Waals surface area (Å²) in [6.07, 6.45) is 1.77. The van der Waals surface area contributed by atoms with Crippen LogP contribution in [0.3, 0.4) is 0 Å². The number of nitrogens with two attached hydrogens (primary N) is 1. The fourth-order valence-corrected chi connectivity index (χ4v) is 4.91. The van der Waals surface area contributed by atoms with Gasteiger partial charge in [0, 0.05) is 24.4 Å². The SMILES string of the molecule is COCCn1c(SCc2ccc(OC)cc2)nnc1-c1sc2ncccc2c1N. The first-order valence-electron chi connectivity index (χ1n) is 9.02. The van der Waals surface area contributed by atoms with E-state index in [0.717, 1.165) is 37.6 Å². The van der Waals surface area contributed by atoms with Gasteiger partial charge in [0.15, 0.2) is 11.0 Å². The minimum Gasteiger partial charge on any atom is -0.497 e. The summed E-state index contributed by atoms with van der Waals surface area (Å²) in [4.78, 5) is 6.20. The van der Waals surface area contributed by atoms with Gasteiger partial charge in [-0.15, -0.1) is 21.5 Å². The molecule has 3 heterocycles. The topological polar surface area (TPSA) is 88.1 Å². The maximum atomic E-state index is 6.41. The number of nitrogens with zero attached hydrogens (tertiary/aromatic N) is 4. The Kier molecular flexibility index (Phi) is 5.98. The zero-order chi connectivity index (χ0) is 20.2. The molecule has 3 aromatic heterocycles. The normalized spacial score (nSPS) is 11.2. The number of anilines is 1. The van der Waals surface area contributed by atoms with Crippen LogP contribution in [-0.2, 0) is 17.0 Å². The van der Waals surface area contributed by atoms with Gasteiger partial charge in [0.25, 0.3) is 0 Å². The van der Waals surface area contributed by atoms with Gasteiger partial charge in [-0.25, -0.2) is 4.98 Å². The van der Waals surface area contributed by atoms with E-state index < -0.39 is 0 Å². The van der Waals surface area contributed by atoms with Gasteiger partial charge in [-0.1, -0.05) is 23.9 Å². The molecule has 7 nitrogen and oxygen atoms in total. The average Bonchev–Trinajstić information content (AvgIpc) is 3.31. The molecule has 0 atom stereocenters. The number of ether oxygens (including phenoxy) is 2. The third-order valence-electron chi connectivity index (χ3n) is 4.47. The summed E-state index contributed by atoms with van der Waals surface area (Å²) in [5, 5.41) is 10.7. The van der Waals surface area contributed by atoms with E-state index >= 15 is 0 Å². The number of pyridine rings is 1. The smallest absolute Gasteiger partial charge is 0.191 e. The molecular formula is C20H21N5O2S2. The van der Waals surface area contributed by atoms with Crippen LogP contribution in [-0.4, -0.2) is 40.6 Å². The minimum absolute atomic E-state index is 0.560. The lowest BCUT2D eigenvalue weighted by atomic mass is 10.2. The highest BCUT2D eigenvalue weighted by molar-refractivity contribution is 7.98. The predicted molar refractivity (Wildman–Crippen MR) is 117 cm³/mol. The molecule has 0 unspecified atom stereocenters. The molecule has 0 fully saturated rings. The summed E-state index contributed by atoms with van der Waals surface area (Å²) in [5.74, 6) is 2.37. The number of aromatic nitrogens is 4. The second-order valence-electron chi connectivity index (χ2n) is 6.29. The molecule has 0 spiro atoms.